The van der Waals surface area contributed by atoms with E-state index in [4.69, 9.17) is 14.9 Å². The Balaban J connectivity index is 0.00000351. The standard InChI is InChI=1S/C33H35F4N7O5.2ClH/c1-20(38)29-28(30(46)41-19-22-6-8-23(34)18-24(22)35)42-31(49-29)21-7-9-25(48-32(36)37)26(17-21)47-16-3-2-5-27(45)43-12-14-44(15-13-43)33-39-10-4-11-40-33;;/h4,6-11,17-18,20,32H,2-3,5,12-16,19,38H2,1H3,(H,41,46);2*1H/t20-;;/m0../s1. The van der Waals surface area contributed by atoms with Crippen LogP contribution in [0.3, 0.4) is 0 Å². The Morgan fingerprint density at radius 3 is 2.39 bits per heavy atom. The van der Waals surface area contributed by atoms with Gasteiger partial charge in [0.1, 0.15) is 11.6 Å². The van der Waals surface area contributed by atoms with Crippen molar-refractivity contribution in [3.63, 3.8) is 0 Å². The summed E-state index contributed by atoms with van der Waals surface area (Å²) in [5.41, 5.74) is 6.18. The third-order valence-electron chi connectivity index (χ3n) is 7.65. The summed E-state index contributed by atoms with van der Waals surface area (Å²) in [7, 11) is 0. The predicted molar refractivity (Wildman–Crippen MR) is 183 cm³/mol. The first-order valence-corrected chi connectivity index (χ1v) is 15.6. The van der Waals surface area contributed by atoms with Crippen LogP contribution < -0.4 is 25.4 Å². The summed E-state index contributed by atoms with van der Waals surface area (Å²) in [5, 5.41) is 2.51. The lowest BCUT2D eigenvalue weighted by atomic mass is 10.2. The van der Waals surface area contributed by atoms with Crippen LogP contribution in [0.25, 0.3) is 11.5 Å². The van der Waals surface area contributed by atoms with Crippen LogP contribution in [0, 0.1) is 11.6 Å². The van der Waals surface area contributed by atoms with Crippen molar-refractivity contribution in [2.45, 2.75) is 45.4 Å². The summed E-state index contributed by atoms with van der Waals surface area (Å²) in [6.45, 7) is 0.647. The minimum atomic E-state index is -3.12. The Labute approximate surface area is 303 Å². The zero-order chi connectivity index (χ0) is 34.9. The fraction of sp³-hybridized carbons (Fsp3) is 0.364. The molecular formula is C33H37Cl2F4N7O5. The van der Waals surface area contributed by atoms with E-state index in [1.165, 1.54) is 24.3 Å². The van der Waals surface area contributed by atoms with Gasteiger partial charge in [-0.25, -0.2) is 23.7 Å². The first-order chi connectivity index (χ1) is 23.6. The van der Waals surface area contributed by atoms with Crippen molar-refractivity contribution in [2.75, 3.05) is 37.7 Å². The molecule has 2 amide bonds. The highest BCUT2D eigenvalue weighted by atomic mass is 35.5. The minimum absolute atomic E-state index is 0. The summed E-state index contributed by atoms with van der Waals surface area (Å²) in [6, 6.07) is 7.99. The number of carbonyl (C=O) groups excluding carboxylic acids is 2. The van der Waals surface area contributed by atoms with Crippen LogP contribution in [0.5, 0.6) is 11.5 Å². The maximum Gasteiger partial charge on any atom is 0.387 e. The van der Waals surface area contributed by atoms with Gasteiger partial charge >= 0.3 is 6.61 Å². The van der Waals surface area contributed by atoms with E-state index in [-0.39, 0.29) is 83.8 Å². The number of amides is 2. The average molecular weight is 759 g/mol. The number of carbonyl (C=O) groups is 2. The molecule has 276 valence electrons. The molecule has 1 aliphatic heterocycles. The lowest BCUT2D eigenvalue weighted by Gasteiger charge is -2.34. The number of oxazole rings is 1. The van der Waals surface area contributed by atoms with E-state index < -0.39 is 30.2 Å². The third-order valence-corrected chi connectivity index (χ3v) is 7.65. The number of unbranched alkanes of at least 4 members (excludes halogenated alkanes) is 1. The number of nitrogens with one attached hydrogen (secondary N) is 1. The molecule has 0 spiro atoms. The molecule has 1 fully saturated rings. The van der Waals surface area contributed by atoms with E-state index in [1.54, 1.807) is 30.3 Å². The summed E-state index contributed by atoms with van der Waals surface area (Å²) in [4.78, 5) is 42.3. The second-order valence-corrected chi connectivity index (χ2v) is 11.2. The number of anilines is 1. The minimum Gasteiger partial charge on any atom is -0.490 e. The molecule has 0 bridgehead atoms. The predicted octanol–water partition coefficient (Wildman–Crippen LogP) is 5.70. The van der Waals surface area contributed by atoms with Crippen LogP contribution in [0.2, 0.25) is 0 Å². The molecule has 1 aliphatic rings. The van der Waals surface area contributed by atoms with Crippen LogP contribution in [-0.2, 0) is 11.3 Å². The van der Waals surface area contributed by atoms with E-state index in [0.29, 0.717) is 57.5 Å². The zero-order valence-corrected chi connectivity index (χ0v) is 29.0. The van der Waals surface area contributed by atoms with Gasteiger partial charge in [0.2, 0.25) is 17.7 Å². The lowest BCUT2D eigenvalue weighted by molar-refractivity contribution is -0.131. The van der Waals surface area contributed by atoms with Gasteiger partial charge in [-0.3, -0.25) is 9.59 Å². The molecule has 18 heteroatoms. The number of alkyl halides is 2. The monoisotopic (exact) mass is 757 g/mol. The Hall–Kier alpha value is -4.67. The highest BCUT2D eigenvalue weighted by Crippen LogP contribution is 2.35. The van der Waals surface area contributed by atoms with Gasteiger partial charge in [0.25, 0.3) is 5.91 Å². The number of halogens is 6. The van der Waals surface area contributed by atoms with Crippen LogP contribution in [0.1, 0.15) is 54.0 Å². The smallest absolute Gasteiger partial charge is 0.387 e. The van der Waals surface area contributed by atoms with E-state index in [1.807, 2.05) is 4.90 Å². The summed E-state index contributed by atoms with van der Waals surface area (Å²) in [6.07, 6.45) is 4.60. The fourth-order valence-corrected chi connectivity index (χ4v) is 5.13. The quantitative estimate of drug-likeness (QED) is 0.121. The first kappa shape index (κ1) is 40.8. The molecule has 1 saturated heterocycles. The van der Waals surface area contributed by atoms with Gasteiger partial charge in [-0.15, -0.1) is 24.8 Å². The number of ether oxygens (including phenoxy) is 2. The number of nitrogens with zero attached hydrogens (tertiary/aromatic N) is 5. The van der Waals surface area contributed by atoms with Crippen molar-refractivity contribution >= 4 is 42.6 Å². The SMILES string of the molecule is C[C@H](N)c1oc(-c2ccc(OC(F)F)c(OCCCCC(=O)N3CCN(c4ncccn4)CC3)c2)nc1C(=O)NCc1ccc(F)cc1F.Cl.Cl. The maximum absolute atomic E-state index is 14.1. The van der Waals surface area contributed by atoms with Crippen molar-refractivity contribution in [3.05, 3.63) is 83.5 Å². The van der Waals surface area contributed by atoms with Crippen LogP contribution in [0.15, 0.2) is 59.3 Å². The third kappa shape index (κ3) is 10.9. The molecule has 3 N–H and O–H groups in total. The van der Waals surface area contributed by atoms with E-state index in [0.717, 1.165) is 6.07 Å². The van der Waals surface area contributed by atoms with Crippen LogP contribution in [0.4, 0.5) is 23.5 Å². The normalized spacial score (nSPS) is 13.2. The highest BCUT2D eigenvalue weighted by Gasteiger charge is 2.25. The molecule has 2 aromatic carbocycles. The Bertz CT molecular complexity index is 1750. The van der Waals surface area contributed by atoms with Crippen LogP contribution in [-0.4, -0.2) is 71.1 Å². The molecule has 0 aliphatic carbocycles. The number of hydrogen-bond acceptors (Lipinski definition) is 10. The molecule has 0 unspecified atom stereocenters. The average Bonchev–Trinajstić information content (AvgIpc) is 3.55. The van der Waals surface area contributed by atoms with Gasteiger partial charge in [0.15, 0.2) is 23.0 Å². The maximum atomic E-state index is 14.1. The molecule has 5 rings (SSSR count). The topological polar surface area (TPSA) is 149 Å². The number of nitrogens with two attached hydrogens (primary N) is 1. The lowest BCUT2D eigenvalue weighted by Crippen LogP contribution is -2.49. The van der Waals surface area contributed by atoms with Gasteiger partial charge < -0.3 is 34.7 Å². The second kappa shape index (κ2) is 19.1. The van der Waals surface area contributed by atoms with E-state index >= 15 is 0 Å². The Morgan fingerprint density at radius 1 is 1.00 bits per heavy atom. The number of hydrogen-bond donors (Lipinski definition) is 2. The highest BCUT2D eigenvalue weighted by molar-refractivity contribution is 5.94. The van der Waals surface area contributed by atoms with Gasteiger partial charge in [-0.2, -0.15) is 8.78 Å². The largest absolute Gasteiger partial charge is 0.490 e. The molecular weight excluding hydrogens is 721 g/mol. The summed E-state index contributed by atoms with van der Waals surface area (Å²) < 4.78 is 69.8. The second-order valence-electron chi connectivity index (χ2n) is 11.2. The zero-order valence-electron chi connectivity index (χ0n) is 27.4. The van der Waals surface area contributed by atoms with E-state index in [2.05, 4.69) is 25.0 Å². The van der Waals surface area contributed by atoms with Gasteiger partial charge in [-0.1, -0.05) is 6.07 Å². The number of aromatic nitrogens is 3. The number of rotatable bonds is 14. The summed E-state index contributed by atoms with van der Waals surface area (Å²) >= 11 is 0. The van der Waals surface area contributed by atoms with Crippen molar-refractivity contribution in [3.8, 4) is 23.0 Å². The van der Waals surface area contributed by atoms with Crippen molar-refractivity contribution in [2.24, 2.45) is 5.73 Å². The number of piperazine rings is 1. The Kier molecular flexibility index (Phi) is 15.2. The van der Waals surface area contributed by atoms with Gasteiger partial charge in [0, 0.05) is 68.7 Å². The molecule has 0 saturated carbocycles. The molecule has 51 heavy (non-hydrogen) atoms. The molecule has 0 radical (unpaired) electrons. The molecule has 2 aromatic heterocycles. The van der Waals surface area contributed by atoms with Gasteiger partial charge in [-0.05, 0) is 50.1 Å². The summed E-state index contributed by atoms with van der Waals surface area (Å²) in [5.74, 6) is -1.94. The molecule has 4 aromatic rings. The fourth-order valence-electron chi connectivity index (χ4n) is 5.13. The van der Waals surface area contributed by atoms with Gasteiger partial charge in [0.05, 0.1) is 12.6 Å². The molecule has 3 heterocycles. The van der Waals surface area contributed by atoms with Crippen molar-refractivity contribution in [1.82, 2.24) is 25.2 Å². The van der Waals surface area contributed by atoms with E-state index in [9.17, 15) is 27.2 Å². The molecule has 1 atom stereocenters. The first-order valence-electron chi connectivity index (χ1n) is 15.6. The Morgan fingerprint density at radius 2 is 1.73 bits per heavy atom. The van der Waals surface area contributed by atoms with Crippen molar-refractivity contribution < 1.29 is 41.0 Å². The molecule has 12 nitrogen and oxygen atoms in total. The van der Waals surface area contributed by atoms with Crippen LogP contribution >= 0.6 is 24.8 Å². The number of benzene rings is 2. The van der Waals surface area contributed by atoms with Crippen molar-refractivity contribution in [1.29, 1.82) is 0 Å².